The molecule has 1 rings (SSSR count). The number of ether oxygens (including phenoxy) is 5. The van der Waals surface area contributed by atoms with Crippen molar-refractivity contribution in [2.45, 2.75) is 58.8 Å². The minimum atomic E-state index is -1.16. The van der Waals surface area contributed by atoms with E-state index in [9.17, 15) is 43.5 Å². The molecule has 18 nitrogen and oxygen atoms in total. The topological polar surface area (TPSA) is 259 Å². The van der Waals surface area contributed by atoms with Crippen LogP contribution in [-0.4, -0.2) is 116 Å². The number of esters is 5. The van der Waals surface area contributed by atoms with Gasteiger partial charge < -0.3 is 49.8 Å². The lowest BCUT2D eigenvalue weighted by Crippen LogP contribution is -2.39. The first-order chi connectivity index (χ1) is 23.4. The van der Waals surface area contributed by atoms with E-state index in [-0.39, 0.29) is 69.4 Å². The maximum absolute atomic E-state index is 13.5. The molecule has 3 unspecified atom stereocenters. The number of anilines is 1. The van der Waals surface area contributed by atoms with E-state index in [4.69, 9.17) is 28.8 Å². The molecule has 0 fully saturated rings. The third kappa shape index (κ3) is 15.9. The Morgan fingerprint density at radius 2 is 1.12 bits per heavy atom. The quantitative estimate of drug-likeness (QED) is 0.0960. The second kappa shape index (κ2) is 22.2. The highest BCUT2D eigenvalue weighted by Crippen LogP contribution is 2.42. The molecule has 0 radical (unpaired) electrons. The lowest BCUT2D eigenvalue weighted by Gasteiger charge is -2.22. The van der Waals surface area contributed by atoms with Gasteiger partial charge in [0.15, 0.2) is 18.8 Å². The summed E-state index contributed by atoms with van der Waals surface area (Å²) >= 11 is 9.77. The Morgan fingerprint density at radius 3 is 1.50 bits per heavy atom. The molecule has 0 aliphatic carbocycles. The average molecular weight is 906 g/mol. The number of aliphatic hydroxyl groups excluding tert-OH is 2. The van der Waals surface area contributed by atoms with Gasteiger partial charge in [0.25, 0.3) is 17.7 Å². The Bertz CT molecular complexity index is 1380. The molecule has 5 N–H and O–H groups in total. The molecule has 1 aromatic carbocycles. The molecule has 21 heteroatoms. The Morgan fingerprint density at radius 1 is 0.680 bits per heavy atom. The zero-order valence-corrected chi connectivity index (χ0v) is 32.0. The fourth-order valence-corrected chi connectivity index (χ4v) is 6.60. The van der Waals surface area contributed by atoms with Gasteiger partial charge in [0.05, 0.1) is 51.6 Å². The van der Waals surface area contributed by atoms with Gasteiger partial charge >= 0.3 is 29.8 Å². The number of carbonyl (C=O) groups excluding carboxylic acids is 8. The van der Waals surface area contributed by atoms with Crippen molar-refractivity contribution in [2.75, 3.05) is 44.8 Å². The normalized spacial score (nSPS) is 12.3. The number of rotatable bonds is 19. The number of hydrogen-bond acceptors (Lipinski definition) is 15. The summed E-state index contributed by atoms with van der Waals surface area (Å²) in [5.74, 6) is -6.29. The number of benzene rings is 1. The molecular weight excluding hydrogens is 870 g/mol. The minimum absolute atomic E-state index is 0.0762. The minimum Gasteiger partial charge on any atom is -0.462 e. The first-order valence-electron chi connectivity index (χ1n) is 14.5. The summed E-state index contributed by atoms with van der Waals surface area (Å²) in [6.45, 7) is 1.62. The largest absolute Gasteiger partial charge is 0.462 e. The first kappa shape index (κ1) is 44.4. The smallest absolute Gasteiger partial charge is 0.306 e. The van der Waals surface area contributed by atoms with Crippen LogP contribution in [0.4, 0.5) is 5.69 Å². The van der Waals surface area contributed by atoms with Gasteiger partial charge in [-0.25, -0.2) is 0 Å². The number of halogens is 3. The highest BCUT2D eigenvalue weighted by molar-refractivity contribution is 9.11. The Kier molecular flexibility index (Phi) is 19.7. The maximum Gasteiger partial charge on any atom is 0.306 e. The van der Waals surface area contributed by atoms with E-state index in [0.717, 1.165) is 27.7 Å². The SMILES string of the molecule is CC(=O)OCC(CNC(=O)c1c(Br)c(NC(=O)COC(=O)CCC(O)CO)c(Br)c(C(=O)NCC(COC(C)=O)OC(C)=O)c1Br)OC(C)=O. The molecule has 0 spiro atoms. The van der Waals surface area contributed by atoms with Crippen LogP contribution in [0.3, 0.4) is 0 Å². The van der Waals surface area contributed by atoms with E-state index in [2.05, 4.69) is 63.7 Å². The number of carbonyl (C=O) groups is 8. The second-order valence-electron chi connectivity index (χ2n) is 10.1. The van der Waals surface area contributed by atoms with Crippen molar-refractivity contribution < 1.29 is 72.3 Å². The van der Waals surface area contributed by atoms with E-state index in [1.54, 1.807) is 0 Å². The number of aliphatic hydroxyl groups is 2. The lowest BCUT2D eigenvalue weighted by molar-refractivity contribution is -0.155. The molecule has 0 aliphatic rings. The van der Waals surface area contributed by atoms with Crippen LogP contribution in [0, 0.1) is 0 Å². The molecule has 0 aromatic heterocycles. The average Bonchev–Trinajstić information content (AvgIpc) is 3.02. The van der Waals surface area contributed by atoms with Gasteiger partial charge in [-0.05, 0) is 54.2 Å². The number of nitrogens with one attached hydrogen (secondary N) is 3. The standard InChI is InChI=1S/C29H36Br3N3O15/c1-13(37)46-10-18(49-15(3)39)7-33-28(44)22-24(30)23(29(45)34-8-19(50-16(4)40)11-47-14(2)38)26(32)27(25(22)31)35-20(42)12-48-21(43)6-5-17(41)9-36/h17-19,36,41H,5-12H2,1-4H3,(H,33,44)(H,34,45)(H,35,42). The molecule has 0 saturated carbocycles. The van der Waals surface area contributed by atoms with Gasteiger partial charge in [-0.1, -0.05) is 0 Å². The van der Waals surface area contributed by atoms with Crippen LogP contribution in [0.1, 0.15) is 61.3 Å². The van der Waals surface area contributed by atoms with Gasteiger partial charge in [-0.2, -0.15) is 0 Å². The van der Waals surface area contributed by atoms with E-state index in [1.807, 2.05) is 0 Å². The molecule has 278 valence electrons. The summed E-state index contributed by atoms with van der Waals surface area (Å²) in [6.07, 6.45) is -3.77. The highest BCUT2D eigenvalue weighted by atomic mass is 79.9. The van der Waals surface area contributed by atoms with Crippen LogP contribution in [-0.2, 0) is 52.5 Å². The number of hydrogen-bond donors (Lipinski definition) is 5. The predicted molar refractivity (Wildman–Crippen MR) is 180 cm³/mol. The molecule has 0 saturated heterocycles. The molecule has 3 atom stereocenters. The molecule has 50 heavy (non-hydrogen) atoms. The van der Waals surface area contributed by atoms with E-state index in [0.29, 0.717) is 0 Å². The summed E-state index contributed by atoms with van der Waals surface area (Å²) in [5.41, 5.74) is -0.684. The van der Waals surface area contributed by atoms with Crippen LogP contribution in [0.5, 0.6) is 0 Å². The van der Waals surface area contributed by atoms with Gasteiger partial charge in [0.2, 0.25) is 0 Å². The molecule has 0 aliphatic heterocycles. The van der Waals surface area contributed by atoms with Crippen LogP contribution in [0.2, 0.25) is 0 Å². The van der Waals surface area contributed by atoms with Crippen LogP contribution in [0.15, 0.2) is 13.4 Å². The zero-order chi connectivity index (χ0) is 38.1. The molecular formula is C29H36Br3N3O15. The summed E-state index contributed by atoms with van der Waals surface area (Å²) in [5, 5.41) is 25.8. The van der Waals surface area contributed by atoms with Gasteiger partial charge in [0.1, 0.15) is 13.2 Å². The monoisotopic (exact) mass is 903 g/mol. The van der Waals surface area contributed by atoms with Crippen LogP contribution >= 0.6 is 47.8 Å². The molecule has 0 bridgehead atoms. The Hall–Kier alpha value is -3.66. The fraction of sp³-hybridized carbons (Fsp3) is 0.517. The fourth-order valence-electron chi connectivity index (χ4n) is 3.69. The first-order valence-corrected chi connectivity index (χ1v) is 16.9. The third-order valence-corrected chi connectivity index (χ3v) is 8.26. The van der Waals surface area contributed by atoms with E-state index in [1.165, 1.54) is 0 Å². The Labute approximate surface area is 311 Å². The summed E-state index contributed by atoms with van der Waals surface area (Å²) in [6, 6.07) is 0. The van der Waals surface area contributed by atoms with Crippen LogP contribution < -0.4 is 16.0 Å². The molecule has 1 aromatic rings. The number of amides is 3. The maximum atomic E-state index is 13.5. The van der Waals surface area contributed by atoms with Crippen molar-refractivity contribution in [3.05, 3.63) is 24.5 Å². The molecule has 0 heterocycles. The summed E-state index contributed by atoms with van der Waals surface area (Å²) in [4.78, 5) is 97.6. The zero-order valence-electron chi connectivity index (χ0n) is 27.2. The van der Waals surface area contributed by atoms with Crippen molar-refractivity contribution in [1.82, 2.24) is 10.6 Å². The summed E-state index contributed by atoms with van der Waals surface area (Å²) < 4.78 is 24.6. The van der Waals surface area contributed by atoms with Crippen LogP contribution in [0.25, 0.3) is 0 Å². The Balaban J connectivity index is 3.48. The molecule has 3 amide bonds. The van der Waals surface area contributed by atoms with Crippen molar-refractivity contribution in [1.29, 1.82) is 0 Å². The van der Waals surface area contributed by atoms with Gasteiger partial charge in [-0.3, -0.25) is 38.4 Å². The second-order valence-corrected chi connectivity index (χ2v) is 12.5. The summed E-state index contributed by atoms with van der Waals surface area (Å²) in [7, 11) is 0. The third-order valence-electron chi connectivity index (χ3n) is 5.88. The predicted octanol–water partition coefficient (Wildman–Crippen LogP) is 1.04. The van der Waals surface area contributed by atoms with E-state index < -0.39 is 79.1 Å². The van der Waals surface area contributed by atoms with Crippen molar-refractivity contribution in [3.8, 4) is 0 Å². The highest BCUT2D eigenvalue weighted by Gasteiger charge is 2.30. The van der Waals surface area contributed by atoms with Crippen molar-refractivity contribution in [3.63, 3.8) is 0 Å². The van der Waals surface area contributed by atoms with E-state index >= 15 is 0 Å². The van der Waals surface area contributed by atoms with Gasteiger partial charge in [0, 0.05) is 38.6 Å². The van der Waals surface area contributed by atoms with Crippen molar-refractivity contribution >= 4 is 101 Å². The van der Waals surface area contributed by atoms with Crippen molar-refractivity contribution in [2.24, 2.45) is 0 Å². The lowest BCUT2D eigenvalue weighted by atomic mass is 10.1. The van der Waals surface area contributed by atoms with Gasteiger partial charge in [-0.15, -0.1) is 0 Å².